The second kappa shape index (κ2) is 5.91. The molecule has 3 rings (SSSR count). The van der Waals surface area contributed by atoms with Gasteiger partial charge in [0.25, 0.3) is 0 Å². The number of amides is 1. The van der Waals surface area contributed by atoms with Crippen molar-refractivity contribution in [2.45, 2.75) is 38.0 Å². The van der Waals surface area contributed by atoms with E-state index < -0.39 is 23.7 Å². The van der Waals surface area contributed by atoms with Crippen LogP contribution in [-0.2, 0) is 4.79 Å². The predicted octanol–water partition coefficient (Wildman–Crippen LogP) is 3.97. The number of halogens is 3. The molecule has 1 fully saturated rings. The van der Waals surface area contributed by atoms with Gasteiger partial charge in [-0.2, -0.15) is 18.2 Å². The Labute approximate surface area is 143 Å². The molecule has 7 heteroatoms. The van der Waals surface area contributed by atoms with Crippen LogP contribution in [0.3, 0.4) is 0 Å². The number of fused-ring (bicyclic) bond motifs is 1. The van der Waals surface area contributed by atoms with E-state index >= 15 is 0 Å². The Morgan fingerprint density at radius 2 is 1.88 bits per heavy atom. The van der Waals surface area contributed by atoms with Gasteiger partial charge in [0.05, 0.1) is 7.11 Å². The Bertz CT molecular complexity index is 818. The highest BCUT2D eigenvalue weighted by Gasteiger charge is 2.53. The molecule has 2 aromatic rings. The van der Waals surface area contributed by atoms with Gasteiger partial charge in [-0.3, -0.25) is 10.2 Å². The van der Waals surface area contributed by atoms with Crippen molar-refractivity contribution in [3.63, 3.8) is 0 Å². The molecule has 1 atom stereocenters. The van der Waals surface area contributed by atoms with Crippen LogP contribution >= 0.6 is 0 Å². The summed E-state index contributed by atoms with van der Waals surface area (Å²) in [6.07, 6.45) is -4.60. The molecule has 0 bridgehead atoms. The van der Waals surface area contributed by atoms with Crippen LogP contribution in [0.2, 0.25) is 0 Å². The zero-order chi connectivity index (χ0) is 18.4. The van der Waals surface area contributed by atoms with Crippen molar-refractivity contribution in [3.05, 3.63) is 42.0 Å². The fourth-order valence-corrected chi connectivity index (χ4v) is 3.38. The Morgan fingerprint density at radius 1 is 1.20 bits per heavy atom. The summed E-state index contributed by atoms with van der Waals surface area (Å²) in [6.45, 7) is 3.22. The fraction of sp³-hybridized carbons (Fsp3) is 0.389. The molecule has 1 unspecified atom stereocenters. The van der Waals surface area contributed by atoms with Gasteiger partial charge in [-0.25, -0.2) is 0 Å². The first-order chi connectivity index (χ1) is 11.6. The first kappa shape index (κ1) is 17.5. The highest BCUT2D eigenvalue weighted by molar-refractivity contribution is 5.90. The third-order valence-corrected chi connectivity index (χ3v) is 4.47. The minimum absolute atomic E-state index is 0.00449. The Hall–Kier alpha value is -2.28. The number of benzene rings is 2. The van der Waals surface area contributed by atoms with Gasteiger partial charge in [0.2, 0.25) is 5.91 Å². The maximum absolute atomic E-state index is 14.0. The molecule has 2 aromatic carbocycles. The van der Waals surface area contributed by atoms with E-state index in [0.29, 0.717) is 5.39 Å². The lowest BCUT2D eigenvalue weighted by Gasteiger charge is -2.38. The van der Waals surface area contributed by atoms with E-state index in [1.807, 2.05) is 12.1 Å². The number of alkyl halides is 3. The minimum Gasteiger partial charge on any atom is -0.496 e. The molecule has 134 valence electrons. The van der Waals surface area contributed by atoms with E-state index in [9.17, 15) is 18.0 Å². The Morgan fingerprint density at radius 3 is 2.44 bits per heavy atom. The van der Waals surface area contributed by atoms with Gasteiger partial charge in [-0.05, 0) is 19.2 Å². The van der Waals surface area contributed by atoms with Crippen molar-refractivity contribution in [3.8, 4) is 5.75 Å². The highest BCUT2D eigenvalue weighted by Crippen LogP contribution is 2.47. The molecule has 4 nitrogen and oxygen atoms in total. The summed E-state index contributed by atoms with van der Waals surface area (Å²) < 4.78 is 47.3. The first-order valence-corrected chi connectivity index (χ1v) is 7.86. The number of hydrazine groups is 1. The van der Waals surface area contributed by atoms with E-state index in [-0.39, 0.29) is 17.7 Å². The summed E-state index contributed by atoms with van der Waals surface area (Å²) in [6, 6.07) is 8.14. The lowest BCUT2D eigenvalue weighted by Crippen LogP contribution is -2.51. The van der Waals surface area contributed by atoms with Gasteiger partial charge >= 0.3 is 6.18 Å². The molecule has 0 aromatic heterocycles. The number of nitrogens with zero attached hydrogens (tertiary/aromatic N) is 1. The molecular weight excluding hydrogens is 333 g/mol. The molecule has 1 heterocycles. The fourth-order valence-electron chi connectivity index (χ4n) is 3.38. The van der Waals surface area contributed by atoms with Crippen LogP contribution in [-0.4, -0.2) is 29.7 Å². The lowest BCUT2D eigenvalue weighted by atomic mass is 9.94. The number of carbonyl (C=O) groups is 1. The summed E-state index contributed by atoms with van der Waals surface area (Å²) in [4.78, 5) is 11.7. The van der Waals surface area contributed by atoms with Crippen LogP contribution in [0.1, 0.15) is 31.9 Å². The van der Waals surface area contributed by atoms with Gasteiger partial charge in [0, 0.05) is 22.9 Å². The number of methoxy groups -OCH3 is 1. The maximum Gasteiger partial charge on any atom is 0.410 e. The average Bonchev–Trinajstić information content (AvgIpc) is 2.78. The number of hydrogen-bond acceptors (Lipinski definition) is 3. The Balaban J connectivity index is 2.22. The van der Waals surface area contributed by atoms with Crippen LogP contribution in [0.4, 0.5) is 13.2 Å². The maximum atomic E-state index is 14.0. The van der Waals surface area contributed by atoms with E-state index in [1.54, 1.807) is 32.0 Å². The number of ether oxygens (including phenoxy) is 1. The normalized spacial score (nSPS) is 19.0. The van der Waals surface area contributed by atoms with Crippen LogP contribution < -0.4 is 10.2 Å². The van der Waals surface area contributed by atoms with Crippen LogP contribution in [0, 0.1) is 0 Å². The monoisotopic (exact) mass is 352 g/mol. The summed E-state index contributed by atoms with van der Waals surface area (Å²) in [5.41, 5.74) is 1.37. The van der Waals surface area contributed by atoms with Crippen molar-refractivity contribution in [1.29, 1.82) is 0 Å². The third kappa shape index (κ3) is 3.04. The molecule has 0 radical (unpaired) electrons. The second-order valence-electron chi connectivity index (χ2n) is 6.75. The molecule has 0 aliphatic carbocycles. The average molecular weight is 352 g/mol. The summed E-state index contributed by atoms with van der Waals surface area (Å²) in [5, 5.41) is 2.37. The van der Waals surface area contributed by atoms with Crippen LogP contribution in [0.25, 0.3) is 10.8 Å². The standard InChI is InChI=1S/C18H19F3N2O2/c1-17(2)10-14(24)22-23(17)16(18(19,20)21)13-9-8-11-6-4-5-7-12(11)15(13)25-3/h4-9,16H,10H2,1-3H3,(H,22,24). The van der Waals surface area contributed by atoms with Crippen LogP contribution in [0.5, 0.6) is 5.75 Å². The largest absolute Gasteiger partial charge is 0.496 e. The second-order valence-corrected chi connectivity index (χ2v) is 6.75. The van der Waals surface area contributed by atoms with Crippen molar-refractivity contribution in [2.75, 3.05) is 7.11 Å². The molecule has 1 aliphatic heterocycles. The number of carbonyl (C=O) groups excluding carboxylic acids is 1. The van der Waals surface area contributed by atoms with Gasteiger partial charge in [-0.1, -0.05) is 36.4 Å². The van der Waals surface area contributed by atoms with Gasteiger partial charge in [0.1, 0.15) is 5.75 Å². The van der Waals surface area contributed by atoms with Crippen LogP contribution in [0.15, 0.2) is 36.4 Å². The predicted molar refractivity (Wildman–Crippen MR) is 88.0 cm³/mol. The lowest BCUT2D eigenvalue weighted by molar-refractivity contribution is -0.204. The summed E-state index contributed by atoms with van der Waals surface area (Å²) in [5.74, 6) is -0.267. The zero-order valence-electron chi connectivity index (χ0n) is 14.1. The third-order valence-electron chi connectivity index (χ3n) is 4.47. The SMILES string of the molecule is COc1c(C(N2NC(=O)CC2(C)C)C(F)(F)F)ccc2ccccc12. The smallest absolute Gasteiger partial charge is 0.410 e. The minimum atomic E-state index is -4.59. The first-order valence-electron chi connectivity index (χ1n) is 7.86. The molecule has 1 saturated heterocycles. The molecule has 0 spiro atoms. The van der Waals surface area contributed by atoms with Crippen molar-refractivity contribution in [1.82, 2.24) is 10.4 Å². The zero-order valence-corrected chi connectivity index (χ0v) is 14.1. The summed E-state index contributed by atoms with van der Waals surface area (Å²) >= 11 is 0. The highest BCUT2D eigenvalue weighted by atomic mass is 19.4. The number of rotatable bonds is 3. The van der Waals surface area contributed by atoms with Crippen molar-refractivity contribution in [2.24, 2.45) is 0 Å². The molecule has 1 amide bonds. The van der Waals surface area contributed by atoms with Gasteiger partial charge in [0.15, 0.2) is 6.04 Å². The Kier molecular flexibility index (Phi) is 4.15. The van der Waals surface area contributed by atoms with E-state index in [4.69, 9.17) is 4.74 Å². The van der Waals surface area contributed by atoms with Crippen molar-refractivity contribution >= 4 is 16.7 Å². The summed E-state index contributed by atoms with van der Waals surface area (Å²) in [7, 11) is 1.35. The molecule has 25 heavy (non-hydrogen) atoms. The quantitative estimate of drug-likeness (QED) is 0.909. The van der Waals surface area contributed by atoms with E-state index in [0.717, 1.165) is 10.4 Å². The topological polar surface area (TPSA) is 41.6 Å². The van der Waals surface area contributed by atoms with E-state index in [2.05, 4.69) is 5.43 Å². The van der Waals surface area contributed by atoms with Gasteiger partial charge < -0.3 is 4.74 Å². The number of hydrogen-bond donors (Lipinski definition) is 1. The van der Waals surface area contributed by atoms with Crippen molar-refractivity contribution < 1.29 is 22.7 Å². The molecule has 1 N–H and O–H groups in total. The number of nitrogens with one attached hydrogen (secondary N) is 1. The van der Waals surface area contributed by atoms with E-state index in [1.165, 1.54) is 13.2 Å². The molecule has 1 aliphatic rings. The molecular formula is C18H19F3N2O2. The molecule has 0 saturated carbocycles. The van der Waals surface area contributed by atoms with Gasteiger partial charge in [-0.15, -0.1) is 0 Å².